The molecule has 3 rings (SSSR count). The quantitative estimate of drug-likeness (QED) is 0.750. The smallest absolute Gasteiger partial charge is 0.225 e. The molecule has 0 radical (unpaired) electrons. The number of aromatic nitrogens is 2. The molecule has 0 aliphatic carbocycles. The van der Waals surface area contributed by atoms with Crippen LogP contribution in [0, 0.1) is 5.82 Å². The number of nitrogens with one attached hydrogen (secondary N) is 2. The molecule has 0 amide bonds. The summed E-state index contributed by atoms with van der Waals surface area (Å²) in [6.45, 7) is 4.07. The molecule has 0 fully saturated rings. The van der Waals surface area contributed by atoms with Crippen molar-refractivity contribution in [3.8, 4) is 0 Å². The predicted molar refractivity (Wildman–Crippen MR) is 85.9 cm³/mol. The van der Waals surface area contributed by atoms with E-state index in [0.29, 0.717) is 5.95 Å². The maximum Gasteiger partial charge on any atom is 0.225 e. The third kappa shape index (κ3) is 3.11. The second kappa shape index (κ2) is 5.65. The van der Waals surface area contributed by atoms with Gasteiger partial charge in [0.15, 0.2) is 5.82 Å². The lowest BCUT2D eigenvalue weighted by Gasteiger charge is -2.11. The van der Waals surface area contributed by atoms with Gasteiger partial charge in [-0.1, -0.05) is 0 Å². The van der Waals surface area contributed by atoms with E-state index >= 15 is 0 Å². The van der Waals surface area contributed by atoms with Crippen molar-refractivity contribution in [2.24, 2.45) is 0 Å². The van der Waals surface area contributed by atoms with E-state index in [0.717, 1.165) is 21.7 Å². The van der Waals surface area contributed by atoms with Gasteiger partial charge in [0.25, 0.3) is 0 Å². The van der Waals surface area contributed by atoms with E-state index in [4.69, 9.17) is 0 Å². The third-order valence-corrected chi connectivity index (χ3v) is 3.74. The summed E-state index contributed by atoms with van der Waals surface area (Å²) in [5, 5.41) is 8.41. The second-order valence-electron chi connectivity index (χ2n) is 4.96. The molecule has 0 saturated carbocycles. The molecule has 3 aromatic rings. The molecule has 0 aliphatic heterocycles. The number of anilines is 3. The number of hydrogen-bond acceptors (Lipinski definition) is 5. The van der Waals surface area contributed by atoms with Crippen molar-refractivity contribution in [1.82, 2.24) is 9.97 Å². The van der Waals surface area contributed by atoms with Crippen LogP contribution in [0.5, 0.6) is 0 Å². The Balaban J connectivity index is 1.99. The van der Waals surface area contributed by atoms with E-state index < -0.39 is 0 Å². The van der Waals surface area contributed by atoms with E-state index in [9.17, 15) is 4.39 Å². The standard InChI is InChI=1S/C15H15FN4S/c1-9(2)17-15-19-12-7-8-21-13(12)14(20-15)18-11-5-3-10(16)4-6-11/h3-9H,1-2H3,(H2,17,18,19,20). The summed E-state index contributed by atoms with van der Waals surface area (Å²) >= 11 is 1.57. The Hall–Kier alpha value is -2.21. The molecule has 0 atom stereocenters. The zero-order valence-electron chi connectivity index (χ0n) is 11.7. The first-order valence-corrected chi connectivity index (χ1v) is 7.54. The lowest BCUT2D eigenvalue weighted by Crippen LogP contribution is -2.13. The summed E-state index contributed by atoms with van der Waals surface area (Å²) < 4.78 is 14.0. The van der Waals surface area contributed by atoms with Crippen molar-refractivity contribution in [2.45, 2.75) is 19.9 Å². The van der Waals surface area contributed by atoms with E-state index in [1.807, 2.05) is 25.3 Å². The maximum atomic E-state index is 13.0. The third-order valence-electron chi connectivity index (χ3n) is 2.83. The van der Waals surface area contributed by atoms with Crippen LogP contribution in [0.1, 0.15) is 13.8 Å². The lowest BCUT2D eigenvalue weighted by atomic mass is 10.3. The summed E-state index contributed by atoms with van der Waals surface area (Å²) in [5.74, 6) is 1.05. The molecule has 4 nitrogen and oxygen atoms in total. The summed E-state index contributed by atoms with van der Waals surface area (Å²) in [5.41, 5.74) is 1.68. The van der Waals surface area contributed by atoms with Gasteiger partial charge in [-0.25, -0.2) is 9.37 Å². The van der Waals surface area contributed by atoms with Crippen LogP contribution in [0.2, 0.25) is 0 Å². The number of rotatable bonds is 4. The van der Waals surface area contributed by atoms with E-state index in [1.165, 1.54) is 12.1 Å². The van der Waals surface area contributed by atoms with Crippen LogP contribution in [0.3, 0.4) is 0 Å². The Bertz CT molecular complexity index is 752. The number of thiophene rings is 1. The van der Waals surface area contributed by atoms with Gasteiger partial charge in [-0.05, 0) is 49.6 Å². The fourth-order valence-corrected chi connectivity index (χ4v) is 2.72. The van der Waals surface area contributed by atoms with Gasteiger partial charge in [-0.3, -0.25) is 0 Å². The fourth-order valence-electron chi connectivity index (χ4n) is 1.94. The van der Waals surface area contributed by atoms with Crippen LogP contribution in [0.15, 0.2) is 35.7 Å². The predicted octanol–water partition coefficient (Wildman–Crippen LogP) is 4.39. The molecular weight excluding hydrogens is 287 g/mol. The lowest BCUT2D eigenvalue weighted by molar-refractivity contribution is 0.628. The molecule has 108 valence electrons. The van der Waals surface area contributed by atoms with Gasteiger partial charge in [0.1, 0.15) is 5.82 Å². The molecular formula is C15H15FN4S. The van der Waals surface area contributed by atoms with Crippen LogP contribution in [-0.2, 0) is 0 Å². The average molecular weight is 302 g/mol. The molecule has 0 saturated heterocycles. The SMILES string of the molecule is CC(C)Nc1nc(Nc2ccc(F)cc2)c2sccc2n1. The first kappa shape index (κ1) is 13.8. The van der Waals surface area contributed by atoms with Crippen LogP contribution in [0.25, 0.3) is 10.2 Å². The molecule has 0 spiro atoms. The largest absolute Gasteiger partial charge is 0.352 e. The molecule has 0 aliphatic rings. The van der Waals surface area contributed by atoms with Gasteiger partial charge in [0, 0.05) is 11.7 Å². The zero-order valence-corrected chi connectivity index (χ0v) is 12.5. The molecule has 21 heavy (non-hydrogen) atoms. The van der Waals surface area contributed by atoms with Crippen molar-refractivity contribution in [3.63, 3.8) is 0 Å². The number of halogens is 1. The first-order valence-electron chi connectivity index (χ1n) is 6.66. The first-order chi connectivity index (χ1) is 10.1. The normalized spacial score (nSPS) is 11.0. The molecule has 2 N–H and O–H groups in total. The van der Waals surface area contributed by atoms with Crippen molar-refractivity contribution >= 4 is 39.0 Å². The highest BCUT2D eigenvalue weighted by Gasteiger charge is 2.10. The number of benzene rings is 1. The average Bonchev–Trinajstić information content (AvgIpc) is 2.89. The summed E-state index contributed by atoms with van der Waals surface area (Å²) in [4.78, 5) is 8.99. The second-order valence-corrected chi connectivity index (χ2v) is 5.88. The number of fused-ring (bicyclic) bond motifs is 1. The van der Waals surface area contributed by atoms with Gasteiger partial charge in [0.05, 0.1) is 10.2 Å². The van der Waals surface area contributed by atoms with Crippen LogP contribution >= 0.6 is 11.3 Å². The highest BCUT2D eigenvalue weighted by Crippen LogP contribution is 2.29. The molecule has 6 heteroatoms. The van der Waals surface area contributed by atoms with E-state index in [1.54, 1.807) is 23.5 Å². The van der Waals surface area contributed by atoms with Crippen molar-refractivity contribution in [1.29, 1.82) is 0 Å². The molecule has 2 aromatic heterocycles. The topological polar surface area (TPSA) is 49.8 Å². The van der Waals surface area contributed by atoms with Crippen LogP contribution in [0.4, 0.5) is 21.8 Å². The fraction of sp³-hybridized carbons (Fsp3) is 0.200. The molecule has 2 heterocycles. The minimum absolute atomic E-state index is 0.250. The Morgan fingerprint density at radius 1 is 1.10 bits per heavy atom. The van der Waals surface area contributed by atoms with Gasteiger partial charge < -0.3 is 10.6 Å². The summed E-state index contributed by atoms with van der Waals surface area (Å²) in [7, 11) is 0. The minimum Gasteiger partial charge on any atom is -0.352 e. The molecule has 0 unspecified atom stereocenters. The zero-order chi connectivity index (χ0) is 14.8. The molecule has 1 aromatic carbocycles. The minimum atomic E-state index is -0.258. The maximum absolute atomic E-state index is 13.0. The van der Waals surface area contributed by atoms with Gasteiger partial charge in [-0.2, -0.15) is 4.98 Å². The Kier molecular flexibility index (Phi) is 3.70. The van der Waals surface area contributed by atoms with Gasteiger partial charge in [0.2, 0.25) is 5.95 Å². The van der Waals surface area contributed by atoms with E-state index in [-0.39, 0.29) is 11.9 Å². The Morgan fingerprint density at radius 2 is 1.86 bits per heavy atom. The number of hydrogen-bond donors (Lipinski definition) is 2. The highest BCUT2D eigenvalue weighted by atomic mass is 32.1. The monoisotopic (exact) mass is 302 g/mol. The van der Waals surface area contributed by atoms with Gasteiger partial charge in [-0.15, -0.1) is 11.3 Å². The van der Waals surface area contributed by atoms with Crippen LogP contribution < -0.4 is 10.6 Å². The number of nitrogens with zero attached hydrogens (tertiary/aromatic N) is 2. The van der Waals surface area contributed by atoms with Crippen molar-refractivity contribution < 1.29 is 4.39 Å². The van der Waals surface area contributed by atoms with Crippen molar-refractivity contribution in [3.05, 3.63) is 41.5 Å². The van der Waals surface area contributed by atoms with Crippen molar-refractivity contribution in [2.75, 3.05) is 10.6 Å². The summed E-state index contributed by atoms with van der Waals surface area (Å²) in [6, 6.07) is 8.42. The summed E-state index contributed by atoms with van der Waals surface area (Å²) in [6.07, 6.45) is 0. The highest BCUT2D eigenvalue weighted by molar-refractivity contribution is 7.17. The molecule has 0 bridgehead atoms. The Labute approximate surface area is 126 Å². The van der Waals surface area contributed by atoms with Gasteiger partial charge >= 0.3 is 0 Å². The Morgan fingerprint density at radius 3 is 2.57 bits per heavy atom. The van der Waals surface area contributed by atoms with Crippen LogP contribution in [-0.4, -0.2) is 16.0 Å². The van der Waals surface area contributed by atoms with E-state index in [2.05, 4.69) is 20.6 Å².